The van der Waals surface area contributed by atoms with Crippen LogP contribution in [0.1, 0.15) is 0 Å². The Morgan fingerprint density at radius 2 is 1.81 bits per heavy atom. The van der Waals surface area contributed by atoms with Gasteiger partial charge in [0.2, 0.25) is 0 Å². The van der Waals surface area contributed by atoms with Gasteiger partial charge in [0.1, 0.15) is 18.1 Å². The fourth-order valence-corrected chi connectivity index (χ4v) is 3.20. The average molecular weight is 435 g/mol. The molecular formula is C20H17BrClNO3. The van der Waals surface area contributed by atoms with Gasteiger partial charge in [-0.05, 0) is 57.0 Å². The summed E-state index contributed by atoms with van der Waals surface area (Å²) < 4.78 is 11.8. The van der Waals surface area contributed by atoms with Crippen molar-refractivity contribution in [2.24, 2.45) is 0 Å². The summed E-state index contributed by atoms with van der Waals surface area (Å²) in [4.78, 5) is 11.8. The zero-order chi connectivity index (χ0) is 18.4. The van der Waals surface area contributed by atoms with Gasteiger partial charge in [0.15, 0.2) is 6.61 Å². The lowest BCUT2D eigenvalue weighted by atomic mass is 10.1. The maximum atomic E-state index is 11.8. The first-order valence-corrected chi connectivity index (χ1v) is 9.25. The summed E-state index contributed by atoms with van der Waals surface area (Å²) in [6.45, 7) is 0.710. The minimum atomic E-state index is -0.214. The highest BCUT2D eigenvalue weighted by Gasteiger charge is 2.06. The van der Waals surface area contributed by atoms with E-state index in [2.05, 4.69) is 27.3 Å². The molecule has 0 radical (unpaired) electrons. The van der Waals surface area contributed by atoms with Gasteiger partial charge in [0.25, 0.3) is 5.91 Å². The topological polar surface area (TPSA) is 47.6 Å². The van der Waals surface area contributed by atoms with Crippen LogP contribution >= 0.6 is 27.5 Å². The summed E-state index contributed by atoms with van der Waals surface area (Å²) in [6.07, 6.45) is 0. The number of hydrogen-bond acceptors (Lipinski definition) is 3. The van der Waals surface area contributed by atoms with Crippen LogP contribution in [0.15, 0.2) is 65.1 Å². The number of carbonyl (C=O) groups is 1. The molecule has 0 bridgehead atoms. The second-order valence-electron chi connectivity index (χ2n) is 5.57. The quantitative estimate of drug-likeness (QED) is 0.542. The molecule has 134 valence electrons. The molecule has 0 atom stereocenters. The van der Waals surface area contributed by atoms with Crippen molar-refractivity contribution in [3.05, 3.63) is 70.2 Å². The normalized spacial score (nSPS) is 10.5. The van der Waals surface area contributed by atoms with Gasteiger partial charge >= 0.3 is 0 Å². The Morgan fingerprint density at radius 3 is 2.62 bits per heavy atom. The molecule has 0 heterocycles. The van der Waals surface area contributed by atoms with Crippen molar-refractivity contribution < 1.29 is 14.3 Å². The fourth-order valence-electron chi connectivity index (χ4n) is 2.40. The zero-order valence-corrected chi connectivity index (χ0v) is 16.2. The number of halogens is 2. The molecule has 3 rings (SSSR count). The van der Waals surface area contributed by atoms with E-state index in [-0.39, 0.29) is 12.5 Å². The molecule has 26 heavy (non-hydrogen) atoms. The van der Waals surface area contributed by atoms with Crippen molar-refractivity contribution in [3.8, 4) is 11.5 Å². The maximum Gasteiger partial charge on any atom is 0.258 e. The molecule has 0 spiro atoms. The van der Waals surface area contributed by atoms with Gasteiger partial charge < -0.3 is 14.8 Å². The Balaban J connectivity index is 1.40. The minimum absolute atomic E-state index is 0.0732. The van der Waals surface area contributed by atoms with Crippen molar-refractivity contribution in [2.75, 3.05) is 19.8 Å². The van der Waals surface area contributed by atoms with Gasteiger partial charge in [0, 0.05) is 5.02 Å². The smallest absolute Gasteiger partial charge is 0.258 e. The number of nitrogens with one attached hydrogen (secondary N) is 1. The highest BCUT2D eigenvalue weighted by atomic mass is 79.9. The first-order chi connectivity index (χ1) is 12.6. The molecule has 6 heteroatoms. The maximum absolute atomic E-state index is 11.8. The largest absolute Gasteiger partial charge is 0.492 e. The lowest BCUT2D eigenvalue weighted by Gasteiger charge is -2.10. The van der Waals surface area contributed by atoms with Crippen LogP contribution in [0.4, 0.5) is 0 Å². The number of carbonyl (C=O) groups excluding carboxylic acids is 1. The number of fused-ring (bicyclic) bond motifs is 1. The summed E-state index contributed by atoms with van der Waals surface area (Å²) in [6, 6.07) is 19.1. The van der Waals surface area contributed by atoms with Gasteiger partial charge in [-0.1, -0.05) is 41.9 Å². The first-order valence-electron chi connectivity index (χ1n) is 8.08. The summed E-state index contributed by atoms with van der Waals surface area (Å²) >= 11 is 9.21. The van der Waals surface area contributed by atoms with E-state index in [9.17, 15) is 4.79 Å². The summed E-state index contributed by atoms with van der Waals surface area (Å²) in [5, 5.41) is 5.64. The average Bonchev–Trinajstić information content (AvgIpc) is 2.64. The molecule has 0 saturated heterocycles. The highest BCUT2D eigenvalue weighted by Crippen LogP contribution is 2.27. The third kappa shape index (κ3) is 5.13. The van der Waals surface area contributed by atoms with Crippen LogP contribution < -0.4 is 14.8 Å². The highest BCUT2D eigenvalue weighted by molar-refractivity contribution is 9.10. The zero-order valence-electron chi connectivity index (χ0n) is 13.9. The lowest BCUT2D eigenvalue weighted by molar-refractivity contribution is -0.123. The van der Waals surface area contributed by atoms with Crippen molar-refractivity contribution in [1.82, 2.24) is 5.32 Å². The van der Waals surface area contributed by atoms with E-state index in [1.807, 2.05) is 36.4 Å². The molecule has 0 fully saturated rings. The molecule has 4 nitrogen and oxygen atoms in total. The van der Waals surface area contributed by atoms with E-state index >= 15 is 0 Å². The SMILES string of the molecule is O=C(COc1ccc(Cl)cc1Br)NCCOc1ccc2ccccc2c1. The van der Waals surface area contributed by atoms with Crippen molar-refractivity contribution in [1.29, 1.82) is 0 Å². The predicted octanol–water partition coefficient (Wildman–Crippen LogP) is 4.83. The lowest BCUT2D eigenvalue weighted by Crippen LogP contribution is -2.32. The summed E-state index contributed by atoms with van der Waals surface area (Å²) in [7, 11) is 0. The molecule has 0 aliphatic heterocycles. The molecule has 0 unspecified atom stereocenters. The number of hydrogen-bond donors (Lipinski definition) is 1. The van der Waals surface area contributed by atoms with Crippen LogP contribution in [0.5, 0.6) is 11.5 Å². The van der Waals surface area contributed by atoms with Gasteiger partial charge in [-0.15, -0.1) is 0 Å². The number of ether oxygens (including phenoxy) is 2. The van der Waals surface area contributed by atoms with E-state index in [1.54, 1.807) is 18.2 Å². The fraction of sp³-hybridized carbons (Fsp3) is 0.150. The van der Waals surface area contributed by atoms with Gasteiger partial charge in [-0.3, -0.25) is 4.79 Å². The van der Waals surface area contributed by atoms with Gasteiger partial charge in [-0.2, -0.15) is 0 Å². The Labute approximate surface area is 165 Å². The molecule has 0 aromatic heterocycles. The van der Waals surface area contributed by atoms with E-state index in [1.165, 1.54) is 5.39 Å². The van der Waals surface area contributed by atoms with E-state index in [0.717, 1.165) is 11.1 Å². The Morgan fingerprint density at radius 1 is 1.00 bits per heavy atom. The molecule has 0 saturated carbocycles. The van der Waals surface area contributed by atoms with Gasteiger partial charge in [0.05, 0.1) is 11.0 Å². The molecule has 0 aliphatic carbocycles. The predicted molar refractivity (Wildman–Crippen MR) is 107 cm³/mol. The van der Waals surface area contributed by atoms with Crippen molar-refractivity contribution in [3.63, 3.8) is 0 Å². The van der Waals surface area contributed by atoms with Crippen molar-refractivity contribution in [2.45, 2.75) is 0 Å². The van der Waals surface area contributed by atoms with Crippen LogP contribution in [0.25, 0.3) is 10.8 Å². The van der Waals surface area contributed by atoms with E-state index in [0.29, 0.717) is 28.4 Å². The molecule has 3 aromatic rings. The first kappa shape index (κ1) is 18.5. The Kier molecular flexibility index (Phi) is 6.36. The summed E-state index contributed by atoms with van der Waals surface area (Å²) in [5.74, 6) is 1.13. The molecule has 1 amide bonds. The summed E-state index contributed by atoms with van der Waals surface area (Å²) in [5.41, 5.74) is 0. The van der Waals surface area contributed by atoms with Crippen LogP contribution in [0.3, 0.4) is 0 Å². The monoisotopic (exact) mass is 433 g/mol. The number of amides is 1. The van der Waals surface area contributed by atoms with Crippen LogP contribution in [0.2, 0.25) is 5.02 Å². The third-order valence-corrected chi connectivity index (χ3v) is 4.52. The molecular weight excluding hydrogens is 418 g/mol. The standard InChI is InChI=1S/C20H17BrClNO3/c21-18-12-16(22)6-8-19(18)26-13-20(24)23-9-10-25-17-7-5-14-3-1-2-4-15(14)11-17/h1-8,11-12H,9-10,13H2,(H,23,24). The Hall–Kier alpha value is -2.24. The van der Waals surface area contributed by atoms with Crippen LogP contribution in [0, 0.1) is 0 Å². The molecule has 0 aliphatic rings. The second-order valence-corrected chi connectivity index (χ2v) is 6.86. The Bertz CT molecular complexity index is 916. The van der Waals surface area contributed by atoms with Crippen LogP contribution in [-0.4, -0.2) is 25.7 Å². The number of rotatable bonds is 7. The molecule has 1 N–H and O–H groups in total. The molecule has 3 aromatic carbocycles. The number of benzene rings is 3. The minimum Gasteiger partial charge on any atom is -0.492 e. The van der Waals surface area contributed by atoms with Crippen molar-refractivity contribution >= 4 is 44.2 Å². The van der Waals surface area contributed by atoms with E-state index < -0.39 is 0 Å². The third-order valence-electron chi connectivity index (χ3n) is 3.67. The second kappa shape index (κ2) is 8.92. The van der Waals surface area contributed by atoms with Gasteiger partial charge in [-0.25, -0.2) is 0 Å². The van der Waals surface area contributed by atoms with Crippen LogP contribution in [-0.2, 0) is 4.79 Å². The van der Waals surface area contributed by atoms with E-state index in [4.69, 9.17) is 21.1 Å².